The molecule has 0 radical (unpaired) electrons. The Kier molecular flexibility index (Phi) is 5.65. The molecule has 0 atom stereocenters. The number of aryl methyl sites for hydroxylation is 1. The summed E-state index contributed by atoms with van der Waals surface area (Å²) in [6.07, 6.45) is 1.87. The Labute approximate surface area is 160 Å². The van der Waals surface area contributed by atoms with E-state index in [1.54, 1.807) is 4.68 Å². The maximum atomic E-state index is 12.1. The molecule has 2 aromatic heterocycles. The lowest BCUT2D eigenvalue weighted by atomic mass is 10.1. The third-order valence-corrected chi connectivity index (χ3v) is 4.97. The number of benzene rings is 1. The van der Waals surface area contributed by atoms with Crippen LogP contribution >= 0.6 is 23.6 Å². The van der Waals surface area contributed by atoms with Crippen LogP contribution in [0, 0.1) is 0 Å². The van der Waals surface area contributed by atoms with E-state index >= 15 is 0 Å². The molecule has 0 bridgehead atoms. The van der Waals surface area contributed by atoms with Gasteiger partial charge in [-0.15, -0.1) is 11.3 Å². The number of hydrogen-bond donors (Lipinski definition) is 2. The SMILES string of the molecule is COC(=O)c1cc(-c2ccccc2)sc1NC(=S)NCc1ccn(C)n1. The summed E-state index contributed by atoms with van der Waals surface area (Å²) in [5, 5.41) is 11.5. The predicted molar refractivity (Wildman–Crippen MR) is 107 cm³/mol. The Morgan fingerprint density at radius 2 is 2.08 bits per heavy atom. The smallest absolute Gasteiger partial charge is 0.340 e. The zero-order valence-electron chi connectivity index (χ0n) is 14.4. The third-order valence-electron chi connectivity index (χ3n) is 3.62. The summed E-state index contributed by atoms with van der Waals surface area (Å²) in [6, 6.07) is 13.6. The van der Waals surface area contributed by atoms with Gasteiger partial charge in [0.1, 0.15) is 5.00 Å². The number of aromatic nitrogens is 2. The van der Waals surface area contributed by atoms with Crippen molar-refractivity contribution in [3.8, 4) is 10.4 Å². The molecule has 0 saturated carbocycles. The molecular formula is C18H18N4O2S2. The van der Waals surface area contributed by atoms with Crippen molar-refractivity contribution >= 4 is 39.6 Å². The number of rotatable bonds is 5. The molecule has 134 valence electrons. The van der Waals surface area contributed by atoms with E-state index in [-0.39, 0.29) is 0 Å². The molecule has 8 heteroatoms. The van der Waals surface area contributed by atoms with Crippen molar-refractivity contribution in [2.75, 3.05) is 12.4 Å². The Balaban J connectivity index is 1.76. The van der Waals surface area contributed by atoms with E-state index in [1.807, 2.05) is 55.7 Å². The third kappa shape index (κ3) is 4.27. The van der Waals surface area contributed by atoms with Crippen molar-refractivity contribution in [3.63, 3.8) is 0 Å². The summed E-state index contributed by atoms with van der Waals surface area (Å²) in [6.45, 7) is 0.497. The summed E-state index contributed by atoms with van der Waals surface area (Å²) in [5.41, 5.74) is 2.36. The van der Waals surface area contributed by atoms with Crippen molar-refractivity contribution < 1.29 is 9.53 Å². The molecule has 0 aliphatic heterocycles. The Hall–Kier alpha value is -2.71. The van der Waals surface area contributed by atoms with E-state index in [1.165, 1.54) is 18.4 Å². The highest BCUT2D eigenvalue weighted by molar-refractivity contribution is 7.80. The number of carbonyl (C=O) groups is 1. The molecule has 26 heavy (non-hydrogen) atoms. The van der Waals surface area contributed by atoms with E-state index in [0.717, 1.165) is 16.1 Å². The van der Waals surface area contributed by atoms with Crippen molar-refractivity contribution in [2.24, 2.45) is 7.05 Å². The molecule has 0 aliphatic carbocycles. The molecule has 1 aromatic carbocycles. The molecular weight excluding hydrogens is 368 g/mol. The average molecular weight is 387 g/mol. The second-order valence-electron chi connectivity index (χ2n) is 5.50. The highest BCUT2D eigenvalue weighted by Gasteiger charge is 2.18. The standard InChI is InChI=1S/C18H18N4O2S2/c1-22-9-8-13(21-22)11-19-18(25)20-16-14(17(23)24-2)10-15(26-16)12-6-4-3-5-7-12/h3-10H,11H2,1-2H3,(H2,19,20,25). The molecule has 3 aromatic rings. The lowest BCUT2D eigenvalue weighted by molar-refractivity contribution is 0.0602. The van der Waals surface area contributed by atoms with Gasteiger partial charge in [-0.05, 0) is 29.9 Å². The molecule has 0 spiro atoms. The maximum Gasteiger partial charge on any atom is 0.340 e. The number of nitrogens with one attached hydrogen (secondary N) is 2. The fraction of sp³-hybridized carbons (Fsp3) is 0.167. The largest absolute Gasteiger partial charge is 0.465 e. The minimum Gasteiger partial charge on any atom is -0.465 e. The van der Waals surface area contributed by atoms with Crippen molar-refractivity contribution in [1.82, 2.24) is 15.1 Å². The Morgan fingerprint density at radius 3 is 2.73 bits per heavy atom. The van der Waals surface area contributed by atoms with Crippen molar-refractivity contribution in [3.05, 3.63) is 59.9 Å². The number of thiocarbonyl (C=S) groups is 1. The van der Waals surface area contributed by atoms with E-state index < -0.39 is 5.97 Å². The molecule has 0 aliphatic rings. The maximum absolute atomic E-state index is 12.1. The summed E-state index contributed by atoms with van der Waals surface area (Å²) in [5.74, 6) is -0.404. The first-order valence-electron chi connectivity index (χ1n) is 7.88. The van der Waals surface area contributed by atoms with Gasteiger partial charge in [-0.25, -0.2) is 4.79 Å². The lowest BCUT2D eigenvalue weighted by Gasteiger charge is -2.09. The van der Waals surface area contributed by atoms with Gasteiger partial charge in [-0.3, -0.25) is 4.68 Å². The van der Waals surface area contributed by atoms with Gasteiger partial charge in [0.15, 0.2) is 5.11 Å². The molecule has 3 rings (SSSR count). The summed E-state index contributed by atoms with van der Waals surface area (Å²) < 4.78 is 6.62. The summed E-state index contributed by atoms with van der Waals surface area (Å²) >= 11 is 6.80. The molecule has 6 nitrogen and oxygen atoms in total. The van der Waals surface area contributed by atoms with Gasteiger partial charge in [0.25, 0.3) is 0 Å². The van der Waals surface area contributed by atoms with Gasteiger partial charge in [-0.1, -0.05) is 30.3 Å². The first-order valence-corrected chi connectivity index (χ1v) is 9.10. The Bertz CT molecular complexity index is 918. The minimum atomic E-state index is -0.404. The van der Waals surface area contributed by atoms with Gasteiger partial charge in [0, 0.05) is 18.1 Å². The van der Waals surface area contributed by atoms with Crippen molar-refractivity contribution in [2.45, 2.75) is 6.54 Å². The van der Waals surface area contributed by atoms with Crippen LogP contribution in [0.25, 0.3) is 10.4 Å². The number of hydrogen-bond acceptors (Lipinski definition) is 5. The number of methoxy groups -OCH3 is 1. The van der Waals surface area contributed by atoms with Gasteiger partial charge in [0.2, 0.25) is 0 Å². The second-order valence-corrected chi connectivity index (χ2v) is 6.96. The van der Waals surface area contributed by atoms with Crippen LogP contribution in [0.5, 0.6) is 0 Å². The first-order chi connectivity index (χ1) is 12.6. The number of ether oxygens (including phenoxy) is 1. The van der Waals surface area contributed by atoms with Crippen LogP contribution in [0.15, 0.2) is 48.7 Å². The quantitative estimate of drug-likeness (QED) is 0.517. The normalized spacial score (nSPS) is 10.4. The molecule has 2 N–H and O–H groups in total. The average Bonchev–Trinajstić information content (AvgIpc) is 3.26. The number of thiophene rings is 1. The van der Waals surface area contributed by atoms with Crippen LogP contribution in [-0.2, 0) is 18.3 Å². The molecule has 0 saturated heterocycles. The van der Waals surface area contributed by atoms with Crippen LogP contribution < -0.4 is 10.6 Å². The van der Waals surface area contributed by atoms with Crippen LogP contribution in [-0.4, -0.2) is 28.0 Å². The number of carbonyl (C=O) groups excluding carboxylic acids is 1. The lowest BCUT2D eigenvalue weighted by Crippen LogP contribution is -2.28. The van der Waals surface area contributed by atoms with Crippen LogP contribution in [0.3, 0.4) is 0 Å². The van der Waals surface area contributed by atoms with Gasteiger partial charge in [0.05, 0.1) is 24.9 Å². The van der Waals surface area contributed by atoms with Crippen molar-refractivity contribution in [1.29, 1.82) is 0 Å². The number of esters is 1. The van der Waals surface area contributed by atoms with E-state index in [9.17, 15) is 4.79 Å². The molecule has 0 unspecified atom stereocenters. The fourth-order valence-corrected chi connectivity index (χ4v) is 3.66. The molecule has 2 heterocycles. The zero-order valence-corrected chi connectivity index (χ0v) is 16.0. The van der Waals surface area contributed by atoms with E-state index in [2.05, 4.69) is 15.7 Å². The highest BCUT2D eigenvalue weighted by Crippen LogP contribution is 2.35. The number of anilines is 1. The predicted octanol–water partition coefficient (Wildman–Crippen LogP) is 3.42. The van der Waals surface area contributed by atoms with Crippen LogP contribution in [0.2, 0.25) is 0 Å². The fourth-order valence-electron chi connectivity index (χ4n) is 2.37. The Morgan fingerprint density at radius 1 is 1.31 bits per heavy atom. The minimum absolute atomic E-state index is 0.404. The number of nitrogens with zero attached hydrogens (tertiary/aromatic N) is 2. The molecule has 0 amide bonds. The highest BCUT2D eigenvalue weighted by atomic mass is 32.1. The molecule has 0 fully saturated rings. The van der Waals surface area contributed by atoms with Crippen LogP contribution in [0.4, 0.5) is 5.00 Å². The van der Waals surface area contributed by atoms with Crippen LogP contribution in [0.1, 0.15) is 16.1 Å². The summed E-state index contributed by atoms with van der Waals surface area (Å²) in [7, 11) is 3.23. The topological polar surface area (TPSA) is 68.2 Å². The monoisotopic (exact) mass is 386 g/mol. The zero-order chi connectivity index (χ0) is 18.5. The first kappa shape index (κ1) is 18.1. The van der Waals surface area contributed by atoms with Gasteiger partial charge in [-0.2, -0.15) is 5.10 Å². The van der Waals surface area contributed by atoms with E-state index in [0.29, 0.717) is 22.2 Å². The van der Waals surface area contributed by atoms with E-state index in [4.69, 9.17) is 17.0 Å². The van der Waals surface area contributed by atoms with Gasteiger partial charge < -0.3 is 15.4 Å². The summed E-state index contributed by atoms with van der Waals surface area (Å²) in [4.78, 5) is 13.1. The second kappa shape index (κ2) is 8.11. The van der Waals surface area contributed by atoms with Gasteiger partial charge >= 0.3 is 5.97 Å².